The monoisotopic (exact) mass is 258 g/mol. The van der Waals surface area contributed by atoms with Gasteiger partial charge >= 0.3 is 11.9 Å². The van der Waals surface area contributed by atoms with E-state index in [2.05, 4.69) is 5.32 Å². The number of carboxylic acids is 2. The number of nitrogens with one attached hydrogen (secondary N) is 1. The molecule has 1 rings (SSSR count). The van der Waals surface area contributed by atoms with Crippen molar-refractivity contribution in [2.24, 2.45) is 0 Å². The standard InChI is InChI=1S/C11H18N2O5/c1-6(12-7(2)10(15)16)9(14)13-5-3-4-8(13)11(17)18/h6-8,12H,3-5H2,1-2H3,(H,15,16)(H,17,18)/t6-,7?,8+/m1/s1. The van der Waals surface area contributed by atoms with Gasteiger partial charge in [0.15, 0.2) is 0 Å². The molecule has 1 heterocycles. The first-order valence-electron chi connectivity index (χ1n) is 5.86. The van der Waals surface area contributed by atoms with E-state index in [4.69, 9.17) is 10.2 Å². The van der Waals surface area contributed by atoms with Gasteiger partial charge in [0.2, 0.25) is 5.91 Å². The van der Waals surface area contributed by atoms with E-state index in [9.17, 15) is 14.4 Å². The van der Waals surface area contributed by atoms with Gasteiger partial charge in [0.05, 0.1) is 6.04 Å². The first-order valence-corrected chi connectivity index (χ1v) is 5.86. The van der Waals surface area contributed by atoms with Crippen LogP contribution in [-0.4, -0.2) is 57.6 Å². The zero-order valence-electron chi connectivity index (χ0n) is 10.4. The molecule has 3 N–H and O–H groups in total. The Morgan fingerprint density at radius 3 is 2.33 bits per heavy atom. The smallest absolute Gasteiger partial charge is 0.326 e. The molecule has 102 valence electrons. The molecule has 1 saturated heterocycles. The van der Waals surface area contributed by atoms with Gasteiger partial charge in [-0.2, -0.15) is 0 Å². The van der Waals surface area contributed by atoms with Crippen molar-refractivity contribution in [1.29, 1.82) is 0 Å². The topological polar surface area (TPSA) is 107 Å². The number of carbonyl (C=O) groups excluding carboxylic acids is 1. The van der Waals surface area contributed by atoms with Crippen molar-refractivity contribution in [3.05, 3.63) is 0 Å². The Hall–Kier alpha value is -1.63. The number of hydrogen-bond donors (Lipinski definition) is 3. The molecule has 1 unspecified atom stereocenters. The molecule has 3 atom stereocenters. The number of rotatable bonds is 5. The fraction of sp³-hybridized carbons (Fsp3) is 0.727. The molecule has 1 aliphatic rings. The summed E-state index contributed by atoms with van der Waals surface area (Å²) < 4.78 is 0. The Morgan fingerprint density at radius 1 is 1.22 bits per heavy atom. The van der Waals surface area contributed by atoms with Gasteiger partial charge in [0.1, 0.15) is 12.1 Å². The maximum Gasteiger partial charge on any atom is 0.326 e. The summed E-state index contributed by atoms with van der Waals surface area (Å²) in [5.74, 6) is -2.43. The van der Waals surface area contributed by atoms with Crippen molar-refractivity contribution in [2.45, 2.75) is 44.8 Å². The molecule has 0 aliphatic carbocycles. The van der Waals surface area contributed by atoms with Gasteiger partial charge in [0.25, 0.3) is 0 Å². The predicted octanol–water partition coefficient (Wildman–Crippen LogP) is -0.487. The van der Waals surface area contributed by atoms with Crippen molar-refractivity contribution in [2.75, 3.05) is 6.54 Å². The summed E-state index contributed by atoms with van der Waals surface area (Å²) in [7, 11) is 0. The molecule has 1 fully saturated rings. The Balaban J connectivity index is 2.63. The Morgan fingerprint density at radius 2 is 1.83 bits per heavy atom. The summed E-state index contributed by atoms with van der Waals surface area (Å²) in [5, 5.41) is 20.3. The summed E-state index contributed by atoms with van der Waals surface area (Å²) >= 11 is 0. The fourth-order valence-electron chi connectivity index (χ4n) is 2.05. The lowest BCUT2D eigenvalue weighted by Gasteiger charge is -2.26. The minimum Gasteiger partial charge on any atom is -0.480 e. The summed E-state index contributed by atoms with van der Waals surface area (Å²) in [6.45, 7) is 3.38. The average Bonchev–Trinajstić information content (AvgIpc) is 2.76. The van der Waals surface area contributed by atoms with Gasteiger partial charge in [-0.05, 0) is 26.7 Å². The van der Waals surface area contributed by atoms with Crippen molar-refractivity contribution in [3.8, 4) is 0 Å². The number of nitrogens with zero attached hydrogens (tertiary/aromatic N) is 1. The summed E-state index contributed by atoms with van der Waals surface area (Å²) in [5.41, 5.74) is 0. The largest absolute Gasteiger partial charge is 0.480 e. The van der Waals surface area contributed by atoms with E-state index in [1.807, 2.05) is 0 Å². The third-order valence-corrected chi connectivity index (χ3v) is 3.06. The van der Waals surface area contributed by atoms with E-state index in [0.29, 0.717) is 19.4 Å². The van der Waals surface area contributed by atoms with Crippen LogP contribution in [0.15, 0.2) is 0 Å². The number of amides is 1. The highest BCUT2D eigenvalue weighted by Crippen LogP contribution is 2.18. The number of carbonyl (C=O) groups is 3. The number of hydrogen-bond acceptors (Lipinski definition) is 4. The zero-order chi connectivity index (χ0) is 13.9. The van der Waals surface area contributed by atoms with Crippen molar-refractivity contribution in [3.63, 3.8) is 0 Å². The predicted molar refractivity (Wildman–Crippen MR) is 62.1 cm³/mol. The highest BCUT2D eigenvalue weighted by molar-refractivity contribution is 5.87. The van der Waals surface area contributed by atoms with E-state index >= 15 is 0 Å². The van der Waals surface area contributed by atoms with Gasteiger partial charge in [-0.1, -0.05) is 0 Å². The van der Waals surface area contributed by atoms with E-state index in [-0.39, 0.29) is 5.91 Å². The van der Waals surface area contributed by atoms with Crippen molar-refractivity contribution in [1.82, 2.24) is 10.2 Å². The van der Waals surface area contributed by atoms with Crippen LogP contribution in [0.5, 0.6) is 0 Å². The second kappa shape index (κ2) is 5.81. The van der Waals surface area contributed by atoms with E-state index in [1.165, 1.54) is 11.8 Å². The Bertz CT molecular complexity index is 357. The van der Waals surface area contributed by atoms with Crippen LogP contribution in [-0.2, 0) is 14.4 Å². The maximum atomic E-state index is 12.0. The minimum absolute atomic E-state index is 0.368. The number of likely N-dealkylation sites (tertiary alicyclic amines) is 1. The summed E-state index contributed by atoms with van der Waals surface area (Å²) in [4.78, 5) is 35.0. The lowest BCUT2D eigenvalue weighted by molar-refractivity contribution is -0.149. The van der Waals surface area contributed by atoms with Gasteiger partial charge < -0.3 is 15.1 Å². The van der Waals surface area contributed by atoms with Crippen molar-refractivity contribution >= 4 is 17.8 Å². The molecule has 0 saturated carbocycles. The quantitative estimate of drug-likeness (QED) is 0.614. The highest BCUT2D eigenvalue weighted by Gasteiger charge is 2.36. The molecular weight excluding hydrogens is 240 g/mol. The van der Waals surface area contributed by atoms with Gasteiger partial charge in [0, 0.05) is 6.54 Å². The van der Waals surface area contributed by atoms with E-state index in [0.717, 1.165) is 0 Å². The van der Waals surface area contributed by atoms with Crippen LogP contribution in [0.2, 0.25) is 0 Å². The molecular formula is C11H18N2O5. The average molecular weight is 258 g/mol. The lowest BCUT2D eigenvalue weighted by atomic mass is 10.2. The lowest BCUT2D eigenvalue weighted by Crippen LogP contribution is -2.52. The van der Waals surface area contributed by atoms with Gasteiger partial charge in [-0.25, -0.2) is 4.79 Å². The molecule has 18 heavy (non-hydrogen) atoms. The molecule has 1 amide bonds. The molecule has 1 aliphatic heterocycles. The first-order chi connectivity index (χ1) is 8.34. The summed E-state index contributed by atoms with van der Waals surface area (Å²) in [6.07, 6.45) is 1.10. The van der Waals surface area contributed by atoms with Crippen LogP contribution in [0.25, 0.3) is 0 Å². The fourth-order valence-corrected chi connectivity index (χ4v) is 2.05. The second-order valence-corrected chi connectivity index (χ2v) is 4.48. The van der Waals surface area contributed by atoms with Crippen LogP contribution in [0, 0.1) is 0 Å². The SMILES string of the molecule is CC(N[C@H](C)C(=O)N1CCC[C@H]1C(=O)O)C(=O)O. The maximum absolute atomic E-state index is 12.0. The Kier molecular flexibility index (Phi) is 4.66. The van der Waals surface area contributed by atoms with Crippen LogP contribution in [0.4, 0.5) is 0 Å². The molecule has 0 aromatic heterocycles. The first kappa shape index (κ1) is 14.4. The Labute approximate surface area is 105 Å². The molecule has 7 heteroatoms. The van der Waals surface area contributed by atoms with Crippen LogP contribution in [0.1, 0.15) is 26.7 Å². The number of carboxylic acid groups (broad SMARTS) is 2. The minimum atomic E-state index is -1.05. The van der Waals surface area contributed by atoms with Gasteiger partial charge in [-0.3, -0.25) is 14.9 Å². The van der Waals surface area contributed by atoms with Crippen LogP contribution >= 0.6 is 0 Å². The number of aliphatic carboxylic acids is 2. The third-order valence-electron chi connectivity index (χ3n) is 3.06. The van der Waals surface area contributed by atoms with Crippen LogP contribution < -0.4 is 5.32 Å². The molecule has 0 aromatic carbocycles. The third kappa shape index (κ3) is 3.19. The molecule has 0 spiro atoms. The molecule has 0 bridgehead atoms. The van der Waals surface area contributed by atoms with E-state index in [1.54, 1.807) is 6.92 Å². The van der Waals surface area contributed by atoms with E-state index < -0.39 is 30.1 Å². The van der Waals surface area contributed by atoms with Crippen molar-refractivity contribution < 1.29 is 24.6 Å². The highest BCUT2D eigenvalue weighted by atomic mass is 16.4. The molecule has 7 nitrogen and oxygen atoms in total. The molecule has 0 radical (unpaired) electrons. The summed E-state index contributed by atoms with van der Waals surface area (Å²) in [6, 6.07) is -2.35. The molecule has 0 aromatic rings. The normalized spacial score (nSPS) is 22.6. The second-order valence-electron chi connectivity index (χ2n) is 4.48. The van der Waals surface area contributed by atoms with Crippen LogP contribution in [0.3, 0.4) is 0 Å². The zero-order valence-corrected chi connectivity index (χ0v) is 10.4. The van der Waals surface area contributed by atoms with Gasteiger partial charge in [-0.15, -0.1) is 0 Å².